The van der Waals surface area contributed by atoms with Gasteiger partial charge in [0.2, 0.25) is 0 Å². The Balaban J connectivity index is 3.77. The van der Waals surface area contributed by atoms with Gasteiger partial charge in [-0.05, 0) is 117 Å². The number of aliphatic hydroxyl groups is 1. The van der Waals surface area contributed by atoms with Gasteiger partial charge in [0.1, 0.15) is 0 Å². The molecule has 0 saturated heterocycles. The number of aliphatic hydroxyl groups excluding tert-OH is 1. The molecule has 1 unspecified atom stereocenters. The molecule has 0 bridgehead atoms. The molecular formula is C32H62N2O2. The first-order chi connectivity index (χ1) is 17.5. The molecule has 0 spiro atoms. The highest BCUT2D eigenvalue weighted by molar-refractivity contribution is 5.04. The lowest BCUT2D eigenvalue weighted by Gasteiger charge is -2.20. The standard InChI is InChI=1S/C32H62N2O2/c1-7-11-15-24-34(10-4)27-19-22-32(35)31(6)23-29-36-28-18-13-12-16-25-33(9-3)26-17-14-21-30(5)20-8-2/h7,11,20,23,32,35H,8-10,12-19,21-22,24-29H2,1-6H3/b11-7+,30-20+,31-23+. The van der Waals surface area contributed by atoms with E-state index in [1.165, 1.54) is 51.6 Å². The molecule has 0 aromatic heterocycles. The summed E-state index contributed by atoms with van der Waals surface area (Å²) in [5.41, 5.74) is 2.60. The van der Waals surface area contributed by atoms with Crippen LogP contribution in [0, 0.1) is 0 Å². The van der Waals surface area contributed by atoms with Crippen LogP contribution >= 0.6 is 0 Å². The maximum Gasteiger partial charge on any atom is 0.0748 e. The van der Waals surface area contributed by atoms with E-state index in [4.69, 9.17) is 4.74 Å². The van der Waals surface area contributed by atoms with Crippen molar-refractivity contribution < 1.29 is 9.84 Å². The molecule has 0 amide bonds. The van der Waals surface area contributed by atoms with Gasteiger partial charge in [-0.2, -0.15) is 0 Å². The van der Waals surface area contributed by atoms with Crippen molar-refractivity contribution >= 4 is 0 Å². The Morgan fingerprint density at radius 3 is 2.11 bits per heavy atom. The smallest absolute Gasteiger partial charge is 0.0748 e. The van der Waals surface area contributed by atoms with Crippen LogP contribution in [-0.4, -0.2) is 73.5 Å². The molecule has 0 rings (SSSR count). The molecule has 0 radical (unpaired) electrons. The van der Waals surface area contributed by atoms with Crippen molar-refractivity contribution in [3.63, 3.8) is 0 Å². The summed E-state index contributed by atoms with van der Waals surface area (Å²) in [6.07, 6.45) is 21.4. The molecule has 1 N–H and O–H groups in total. The molecule has 36 heavy (non-hydrogen) atoms. The van der Waals surface area contributed by atoms with Crippen LogP contribution in [0.1, 0.15) is 112 Å². The summed E-state index contributed by atoms with van der Waals surface area (Å²) in [6.45, 7) is 21.4. The van der Waals surface area contributed by atoms with Crippen LogP contribution in [0.15, 0.2) is 35.5 Å². The van der Waals surface area contributed by atoms with Gasteiger partial charge in [-0.15, -0.1) is 0 Å². The van der Waals surface area contributed by atoms with Gasteiger partial charge < -0.3 is 19.6 Å². The van der Waals surface area contributed by atoms with Crippen molar-refractivity contribution in [2.24, 2.45) is 0 Å². The van der Waals surface area contributed by atoms with Crippen molar-refractivity contribution in [3.05, 3.63) is 35.5 Å². The predicted molar refractivity (Wildman–Crippen MR) is 160 cm³/mol. The van der Waals surface area contributed by atoms with Gasteiger partial charge in [0.25, 0.3) is 0 Å². The summed E-state index contributed by atoms with van der Waals surface area (Å²) in [5.74, 6) is 0. The Morgan fingerprint density at radius 2 is 1.44 bits per heavy atom. The minimum absolute atomic E-state index is 0.346. The van der Waals surface area contributed by atoms with Crippen LogP contribution in [-0.2, 0) is 4.74 Å². The number of hydrogen-bond donors (Lipinski definition) is 1. The summed E-state index contributed by atoms with van der Waals surface area (Å²) >= 11 is 0. The van der Waals surface area contributed by atoms with Crippen LogP contribution in [0.5, 0.6) is 0 Å². The van der Waals surface area contributed by atoms with E-state index in [-0.39, 0.29) is 6.10 Å². The molecule has 212 valence electrons. The second-order valence-electron chi connectivity index (χ2n) is 10.2. The zero-order valence-corrected chi connectivity index (χ0v) is 25.1. The lowest BCUT2D eigenvalue weighted by molar-refractivity contribution is 0.152. The molecule has 4 nitrogen and oxygen atoms in total. The summed E-state index contributed by atoms with van der Waals surface area (Å²) in [7, 11) is 0. The second kappa shape index (κ2) is 25.7. The van der Waals surface area contributed by atoms with Gasteiger partial charge in [0.15, 0.2) is 0 Å². The summed E-state index contributed by atoms with van der Waals surface area (Å²) in [4.78, 5) is 5.07. The minimum Gasteiger partial charge on any atom is -0.389 e. The van der Waals surface area contributed by atoms with E-state index in [9.17, 15) is 5.11 Å². The van der Waals surface area contributed by atoms with Crippen LogP contribution in [0.4, 0.5) is 0 Å². The fraction of sp³-hybridized carbons (Fsp3) is 0.812. The third-order valence-electron chi connectivity index (χ3n) is 7.10. The molecule has 1 atom stereocenters. The van der Waals surface area contributed by atoms with Crippen LogP contribution in [0.3, 0.4) is 0 Å². The molecule has 0 heterocycles. The SMILES string of the molecule is C/C=C/CCN(CC)CCCC(O)/C(C)=C/COCCCCCCN(CC)CCCC/C(C)=C/CC. The number of ether oxygens (including phenoxy) is 1. The zero-order valence-electron chi connectivity index (χ0n) is 25.1. The molecule has 0 aliphatic heterocycles. The average molecular weight is 507 g/mol. The molecule has 0 aliphatic rings. The van der Waals surface area contributed by atoms with Crippen LogP contribution in [0.25, 0.3) is 0 Å². The maximum atomic E-state index is 10.4. The fourth-order valence-corrected chi connectivity index (χ4v) is 4.51. The fourth-order valence-electron chi connectivity index (χ4n) is 4.51. The molecule has 0 aliphatic carbocycles. The van der Waals surface area contributed by atoms with E-state index >= 15 is 0 Å². The van der Waals surface area contributed by atoms with Crippen molar-refractivity contribution in [3.8, 4) is 0 Å². The molecule has 0 saturated carbocycles. The monoisotopic (exact) mass is 506 g/mol. The van der Waals surface area contributed by atoms with Crippen LogP contribution < -0.4 is 0 Å². The maximum absolute atomic E-state index is 10.4. The Labute approximate surface area is 225 Å². The molecule has 0 fully saturated rings. The number of nitrogens with zero attached hydrogens (tertiary/aromatic N) is 2. The zero-order chi connectivity index (χ0) is 26.9. The highest BCUT2D eigenvalue weighted by Gasteiger charge is 2.08. The average Bonchev–Trinajstić information content (AvgIpc) is 2.87. The first-order valence-electron chi connectivity index (χ1n) is 15.1. The second-order valence-corrected chi connectivity index (χ2v) is 10.2. The van der Waals surface area contributed by atoms with E-state index in [2.05, 4.69) is 68.7 Å². The Bertz CT molecular complexity index is 571. The largest absolute Gasteiger partial charge is 0.389 e. The van der Waals surface area contributed by atoms with E-state index < -0.39 is 0 Å². The molecule has 0 aromatic carbocycles. The lowest BCUT2D eigenvalue weighted by atomic mass is 10.1. The minimum atomic E-state index is -0.346. The van der Waals surface area contributed by atoms with Crippen molar-refractivity contribution in [1.29, 1.82) is 0 Å². The first-order valence-corrected chi connectivity index (χ1v) is 15.1. The highest BCUT2D eigenvalue weighted by atomic mass is 16.5. The van der Waals surface area contributed by atoms with Crippen molar-refractivity contribution in [1.82, 2.24) is 9.80 Å². The lowest BCUT2D eigenvalue weighted by Crippen LogP contribution is -2.26. The number of hydrogen-bond acceptors (Lipinski definition) is 4. The summed E-state index contributed by atoms with van der Waals surface area (Å²) in [6, 6.07) is 0. The third-order valence-corrected chi connectivity index (χ3v) is 7.10. The summed E-state index contributed by atoms with van der Waals surface area (Å²) in [5, 5.41) is 10.4. The quantitative estimate of drug-likeness (QED) is 0.101. The topological polar surface area (TPSA) is 35.9 Å². The van der Waals surface area contributed by atoms with Gasteiger partial charge in [-0.25, -0.2) is 0 Å². The Morgan fingerprint density at radius 1 is 0.806 bits per heavy atom. The van der Waals surface area contributed by atoms with E-state index in [0.29, 0.717) is 6.61 Å². The third kappa shape index (κ3) is 21.2. The van der Waals surface area contributed by atoms with Crippen molar-refractivity contribution in [2.45, 2.75) is 118 Å². The number of rotatable bonds is 25. The Kier molecular flexibility index (Phi) is 25.0. The van der Waals surface area contributed by atoms with Gasteiger partial charge in [0.05, 0.1) is 12.7 Å². The predicted octanol–water partition coefficient (Wildman–Crippen LogP) is 7.79. The molecule has 0 aromatic rings. The van der Waals surface area contributed by atoms with Gasteiger partial charge >= 0.3 is 0 Å². The number of allylic oxidation sites excluding steroid dienone is 3. The molecule has 4 heteroatoms. The van der Waals surface area contributed by atoms with Crippen LogP contribution in [0.2, 0.25) is 0 Å². The highest BCUT2D eigenvalue weighted by Crippen LogP contribution is 2.11. The van der Waals surface area contributed by atoms with Crippen molar-refractivity contribution in [2.75, 3.05) is 52.5 Å². The Hall–Kier alpha value is -0.940. The summed E-state index contributed by atoms with van der Waals surface area (Å²) < 4.78 is 5.80. The van der Waals surface area contributed by atoms with Gasteiger partial charge in [-0.3, -0.25) is 0 Å². The van der Waals surface area contributed by atoms with E-state index in [1.54, 1.807) is 5.57 Å². The van der Waals surface area contributed by atoms with Gasteiger partial charge in [-0.1, -0.05) is 63.5 Å². The number of unbranched alkanes of at least 4 members (excludes halogenated alkanes) is 4. The molecular weight excluding hydrogens is 444 g/mol. The first kappa shape index (κ1) is 35.1. The van der Waals surface area contributed by atoms with E-state index in [0.717, 1.165) is 70.5 Å². The van der Waals surface area contributed by atoms with E-state index in [1.807, 2.05) is 6.92 Å². The van der Waals surface area contributed by atoms with Gasteiger partial charge in [0, 0.05) is 13.2 Å². The normalized spacial score (nSPS) is 14.0.